The lowest BCUT2D eigenvalue weighted by Gasteiger charge is -1.92. The van der Waals surface area contributed by atoms with Gasteiger partial charge in [0.05, 0.1) is 17.6 Å². The molecule has 0 saturated carbocycles. The van der Waals surface area contributed by atoms with Crippen LogP contribution in [0.3, 0.4) is 0 Å². The molecule has 2 N–H and O–H groups in total. The molecule has 0 aliphatic rings. The van der Waals surface area contributed by atoms with Crippen LogP contribution in [0, 0.1) is 0 Å². The molecule has 0 fully saturated rings. The molecule has 6 heteroatoms. The molecule has 0 spiro atoms. The van der Waals surface area contributed by atoms with Crippen LogP contribution in [-0.2, 0) is 0 Å². The van der Waals surface area contributed by atoms with Crippen molar-refractivity contribution < 1.29 is 4.79 Å². The maximum Gasteiger partial charge on any atom is 0.306 e. The van der Waals surface area contributed by atoms with E-state index < -0.39 is 5.91 Å². The number of rotatable bonds is 1. The highest BCUT2D eigenvalue weighted by Crippen LogP contribution is 1.97. The van der Waals surface area contributed by atoms with Gasteiger partial charge < -0.3 is 5.73 Å². The molecule has 0 radical (unpaired) electrons. The Labute approximate surface area is 73.4 Å². The first kappa shape index (κ1) is 8.45. The van der Waals surface area contributed by atoms with E-state index in [2.05, 4.69) is 27.2 Å². The summed E-state index contributed by atoms with van der Waals surface area (Å²) in [7, 11) is 0. The lowest BCUT2D eigenvalue weighted by Crippen LogP contribution is -2.00. The highest BCUT2D eigenvalue weighted by atomic mass is 32.1. The lowest BCUT2D eigenvalue weighted by atomic mass is 10.4. The molecular weight excluding hydrogens is 176 g/mol. The molecule has 0 aliphatic carbocycles. The number of aromatic nitrogens is 2. The molecule has 5 nitrogen and oxygen atoms in total. The largest absolute Gasteiger partial charge is 0.382 e. The van der Waals surface area contributed by atoms with Gasteiger partial charge in [0.25, 0.3) is 0 Å². The quantitative estimate of drug-likeness (QED) is 0.496. The highest BCUT2D eigenvalue weighted by Gasteiger charge is 2.03. The first-order chi connectivity index (χ1) is 5.74. The van der Waals surface area contributed by atoms with Crippen LogP contribution >= 0.6 is 12.2 Å². The number of anilines is 1. The third-order valence-corrected chi connectivity index (χ3v) is 1.13. The molecule has 1 rings (SSSR count). The number of carbonyl (C=O) groups is 1. The summed E-state index contributed by atoms with van der Waals surface area (Å²) in [5, 5.41) is 1.94. The van der Waals surface area contributed by atoms with Crippen LogP contribution < -0.4 is 5.73 Å². The van der Waals surface area contributed by atoms with Gasteiger partial charge in [0, 0.05) is 0 Å². The molecule has 0 unspecified atom stereocenters. The Morgan fingerprint density at radius 3 is 2.83 bits per heavy atom. The smallest absolute Gasteiger partial charge is 0.306 e. The third-order valence-electron chi connectivity index (χ3n) is 1.04. The van der Waals surface area contributed by atoms with Crippen molar-refractivity contribution in [3.05, 3.63) is 18.1 Å². The van der Waals surface area contributed by atoms with Crippen molar-refractivity contribution in [2.45, 2.75) is 0 Å². The summed E-state index contributed by atoms with van der Waals surface area (Å²) in [6, 6.07) is 0. The summed E-state index contributed by atoms with van der Waals surface area (Å²) < 4.78 is 0. The summed E-state index contributed by atoms with van der Waals surface area (Å²) in [5.41, 5.74) is 5.35. The maximum atomic E-state index is 10.9. The second-order valence-corrected chi connectivity index (χ2v) is 2.02. The first-order valence-electron chi connectivity index (χ1n) is 2.94. The van der Waals surface area contributed by atoms with E-state index in [1.807, 2.05) is 5.16 Å². The molecule has 1 amide bonds. The molecule has 1 heterocycles. The zero-order valence-corrected chi connectivity index (χ0v) is 6.71. The van der Waals surface area contributed by atoms with Crippen LogP contribution in [0.25, 0.3) is 0 Å². The van der Waals surface area contributed by atoms with Crippen molar-refractivity contribution in [3.63, 3.8) is 0 Å². The van der Waals surface area contributed by atoms with E-state index in [0.717, 1.165) is 0 Å². The van der Waals surface area contributed by atoms with Crippen LogP contribution in [0.15, 0.2) is 17.4 Å². The van der Waals surface area contributed by atoms with E-state index in [0.29, 0.717) is 0 Å². The summed E-state index contributed by atoms with van der Waals surface area (Å²) in [4.78, 5) is 21.5. The number of nitrogens with zero attached hydrogens (tertiary/aromatic N) is 3. The van der Waals surface area contributed by atoms with Crippen molar-refractivity contribution >= 4 is 29.1 Å². The van der Waals surface area contributed by atoms with Crippen molar-refractivity contribution in [3.8, 4) is 0 Å². The normalized spacial score (nSPS) is 8.67. The number of nitrogens with two attached hydrogens (primary N) is 1. The van der Waals surface area contributed by atoms with Crippen LogP contribution in [-0.4, -0.2) is 21.0 Å². The average Bonchev–Trinajstić information content (AvgIpc) is 2.06. The van der Waals surface area contributed by atoms with E-state index >= 15 is 0 Å². The number of hydrogen-bond donors (Lipinski definition) is 1. The fourth-order valence-electron chi connectivity index (χ4n) is 0.547. The van der Waals surface area contributed by atoms with Gasteiger partial charge in [-0.25, -0.2) is 9.97 Å². The third kappa shape index (κ3) is 1.91. The second kappa shape index (κ2) is 3.66. The Balaban J connectivity index is 2.97. The zero-order chi connectivity index (χ0) is 8.97. The predicted octanol–water partition coefficient (Wildman–Crippen LogP) is 0.302. The van der Waals surface area contributed by atoms with Crippen molar-refractivity contribution in [1.29, 1.82) is 0 Å². The number of nitrogen functional groups attached to an aromatic ring is 1. The Morgan fingerprint density at radius 2 is 2.33 bits per heavy atom. The van der Waals surface area contributed by atoms with Crippen molar-refractivity contribution in [1.82, 2.24) is 9.97 Å². The number of amides is 1. The first-order valence-corrected chi connectivity index (χ1v) is 3.34. The number of thiocarbonyl (C=S) groups is 1. The molecule has 0 aromatic carbocycles. The van der Waals surface area contributed by atoms with E-state index in [-0.39, 0.29) is 11.5 Å². The Hall–Kier alpha value is -1.65. The summed E-state index contributed by atoms with van der Waals surface area (Å²) >= 11 is 4.24. The highest BCUT2D eigenvalue weighted by molar-refractivity contribution is 7.78. The van der Waals surface area contributed by atoms with Gasteiger partial charge in [-0.1, -0.05) is 0 Å². The van der Waals surface area contributed by atoms with Crippen LogP contribution in [0.1, 0.15) is 10.5 Å². The Morgan fingerprint density at radius 1 is 1.58 bits per heavy atom. The molecule has 0 atom stereocenters. The number of isothiocyanates is 1. The molecule has 0 saturated heterocycles. The summed E-state index contributed by atoms with van der Waals surface area (Å²) in [6.07, 6.45) is 2.50. The lowest BCUT2D eigenvalue weighted by molar-refractivity contribution is 0.0999. The minimum Gasteiger partial charge on any atom is -0.382 e. The molecule has 0 bridgehead atoms. The van der Waals surface area contributed by atoms with Gasteiger partial charge in [0.15, 0.2) is 0 Å². The predicted molar refractivity (Wildman–Crippen MR) is 45.8 cm³/mol. The van der Waals surface area contributed by atoms with E-state index in [1.54, 1.807) is 0 Å². The van der Waals surface area contributed by atoms with E-state index in [9.17, 15) is 4.79 Å². The minimum atomic E-state index is -0.572. The molecule has 1 aromatic heterocycles. The molecule has 1 aromatic rings. The van der Waals surface area contributed by atoms with Crippen LogP contribution in [0.2, 0.25) is 0 Å². The van der Waals surface area contributed by atoms with Crippen LogP contribution in [0.4, 0.5) is 5.82 Å². The van der Waals surface area contributed by atoms with Gasteiger partial charge in [0.1, 0.15) is 11.5 Å². The molecule has 12 heavy (non-hydrogen) atoms. The number of aliphatic imine (C=N–C) groups is 1. The molecular formula is C6H4N4OS. The fraction of sp³-hybridized carbons (Fsp3) is 0. The average molecular weight is 180 g/mol. The zero-order valence-electron chi connectivity index (χ0n) is 5.89. The Kier molecular flexibility index (Phi) is 2.57. The van der Waals surface area contributed by atoms with E-state index in [4.69, 9.17) is 5.73 Å². The molecule has 60 valence electrons. The Bertz CT molecular complexity index is 341. The van der Waals surface area contributed by atoms with E-state index in [1.165, 1.54) is 12.4 Å². The summed E-state index contributed by atoms with van der Waals surface area (Å²) in [6.45, 7) is 0. The standard InChI is InChI=1S/C6H4N4OS/c7-5-2-8-4(1-9-5)6(11)10-3-12/h1-2H,(H2,7,9). The second-order valence-electron chi connectivity index (χ2n) is 1.83. The van der Waals surface area contributed by atoms with Crippen LogP contribution in [0.5, 0.6) is 0 Å². The minimum absolute atomic E-state index is 0.0987. The van der Waals surface area contributed by atoms with Crippen molar-refractivity contribution in [2.24, 2.45) is 4.99 Å². The molecule has 0 aliphatic heterocycles. The van der Waals surface area contributed by atoms with Gasteiger partial charge in [-0.3, -0.25) is 4.79 Å². The van der Waals surface area contributed by atoms with Gasteiger partial charge in [0.2, 0.25) is 0 Å². The van der Waals surface area contributed by atoms with Gasteiger partial charge in [-0.2, -0.15) is 4.99 Å². The van der Waals surface area contributed by atoms with Gasteiger partial charge in [-0.05, 0) is 12.2 Å². The SMILES string of the molecule is Nc1cnc(C(=O)N=C=S)cn1. The summed E-state index contributed by atoms with van der Waals surface area (Å²) in [5.74, 6) is -0.324. The topological polar surface area (TPSA) is 81.2 Å². The maximum absolute atomic E-state index is 10.9. The van der Waals surface area contributed by atoms with Gasteiger partial charge in [-0.15, -0.1) is 0 Å². The number of hydrogen-bond acceptors (Lipinski definition) is 5. The van der Waals surface area contributed by atoms with Crippen molar-refractivity contribution in [2.75, 3.05) is 5.73 Å². The van der Waals surface area contributed by atoms with Gasteiger partial charge >= 0.3 is 5.91 Å². The fourth-order valence-corrected chi connectivity index (χ4v) is 0.630. The monoisotopic (exact) mass is 180 g/mol. The number of carbonyl (C=O) groups excluding carboxylic acids is 1.